The molecule has 6 nitrogen and oxygen atoms in total. The molecular formula is C20H20ClN3O3S2. The Hall–Kier alpha value is -2.26. The number of benzene rings is 1. The topological polar surface area (TPSA) is 80.3 Å². The Morgan fingerprint density at radius 3 is 2.83 bits per heavy atom. The van der Waals surface area contributed by atoms with E-state index in [4.69, 9.17) is 16.3 Å². The number of amides is 2. The van der Waals surface area contributed by atoms with E-state index in [1.165, 1.54) is 22.7 Å². The summed E-state index contributed by atoms with van der Waals surface area (Å²) in [5.41, 5.74) is 1.33. The lowest BCUT2D eigenvalue weighted by Gasteiger charge is -2.08. The molecule has 0 radical (unpaired) electrons. The molecule has 2 heterocycles. The highest BCUT2D eigenvalue weighted by atomic mass is 35.5. The lowest BCUT2D eigenvalue weighted by Crippen LogP contribution is -2.25. The van der Waals surface area contributed by atoms with E-state index in [9.17, 15) is 9.59 Å². The Balaban J connectivity index is 1.59. The highest BCUT2D eigenvalue weighted by molar-refractivity contribution is 7.23. The van der Waals surface area contributed by atoms with E-state index >= 15 is 0 Å². The molecule has 9 heteroatoms. The Bertz CT molecular complexity index is 987. The molecular weight excluding hydrogens is 430 g/mol. The van der Waals surface area contributed by atoms with Crippen LogP contribution in [0.2, 0.25) is 4.34 Å². The monoisotopic (exact) mass is 449 g/mol. The van der Waals surface area contributed by atoms with Crippen LogP contribution < -0.4 is 10.6 Å². The predicted octanol–water partition coefficient (Wildman–Crippen LogP) is 4.93. The third-order valence-corrected chi connectivity index (χ3v) is 6.10. The number of hydrogen-bond donors (Lipinski definition) is 2. The van der Waals surface area contributed by atoms with Gasteiger partial charge in [-0.3, -0.25) is 9.59 Å². The van der Waals surface area contributed by atoms with E-state index in [1.54, 1.807) is 35.7 Å². The fourth-order valence-corrected chi connectivity index (χ4v) is 4.39. The molecule has 3 aromatic rings. The zero-order valence-corrected chi connectivity index (χ0v) is 18.1. The summed E-state index contributed by atoms with van der Waals surface area (Å²) in [7, 11) is 0. The van der Waals surface area contributed by atoms with Gasteiger partial charge in [0.1, 0.15) is 10.7 Å². The summed E-state index contributed by atoms with van der Waals surface area (Å²) >= 11 is 8.76. The van der Waals surface area contributed by atoms with E-state index in [0.29, 0.717) is 41.0 Å². The molecule has 0 aliphatic heterocycles. The fourth-order valence-electron chi connectivity index (χ4n) is 2.48. The summed E-state index contributed by atoms with van der Waals surface area (Å²) < 4.78 is 5.92. The molecule has 0 spiro atoms. The van der Waals surface area contributed by atoms with E-state index < -0.39 is 0 Å². The van der Waals surface area contributed by atoms with Crippen molar-refractivity contribution >= 4 is 51.8 Å². The number of anilines is 1. The van der Waals surface area contributed by atoms with Crippen LogP contribution in [0.4, 0.5) is 5.69 Å². The lowest BCUT2D eigenvalue weighted by molar-refractivity contribution is 0.0943. The van der Waals surface area contributed by atoms with Gasteiger partial charge in [-0.25, -0.2) is 4.98 Å². The Kier molecular flexibility index (Phi) is 7.76. The largest absolute Gasteiger partial charge is 0.382 e. The molecule has 152 valence electrons. The second-order valence-corrected chi connectivity index (χ2v) is 8.56. The molecule has 3 rings (SSSR count). The normalized spacial score (nSPS) is 10.7. The van der Waals surface area contributed by atoms with Gasteiger partial charge >= 0.3 is 0 Å². The number of thiazole rings is 1. The molecule has 0 atom stereocenters. The van der Waals surface area contributed by atoms with Gasteiger partial charge in [-0.2, -0.15) is 0 Å². The van der Waals surface area contributed by atoms with Gasteiger partial charge < -0.3 is 15.4 Å². The van der Waals surface area contributed by atoms with Crippen LogP contribution in [0.25, 0.3) is 9.88 Å². The number of rotatable bonds is 9. The zero-order chi connectivity index (χ0) is 20.6. The molecule has 29 heavy (non-hydrogen) atoms. The summed E-state index contributed by atoms with van der Waals surface area (Å²) in [5.74, 6) is -0.521. The van der Waals surface area contributed by atoms with Gasteiger partial charge in [0.25, 0.3) is 11.8 Å². The number of carbonyl (C=O) groups is 2. The van der Waals surface area contributed by atoms with Gasteiger partial charge in [-0.05, 0) is 43.7 Å². The third-order valence-electron chi connectivity index (χ3n) is 3.86. The number of carbonyl (C=O) groups excluding carboxylic acids is 2. The quantitative estimate of drug-likeness (QED) is 0.454. The molecule has 0 bridgehead atoms. The lowest BCUT2D eigenvalue weighted by atomic mass is 10.2. The molecule has 1 aromatic carbocycles. The number of hydrogen-bond acceptors (Lipinski definition) is 6. The Morgan fingerprint density at radius 2 is 2.07 bits per heavy atom. The average Bonchev–Trinajstić information content (AvgIpc) is 3.37. The molecule has 2 N–H and O–H groups in total. The van der Waals surface area contributed by atoms with Crippen LogP contribution in [0.15, 0.2) is 41.8 Å². The summed E-state index contributed by atoms with van der Waals surface area (Å²) in [4.78, 5) is 30.1. The first kappa shape index (κ1) is 21.4. The van der Waals surface area contributed by atoms with Crippen molar-refractivity contribution in [3.8, 4) is 9.88 Å². The second-order valence-electron chi connectivity index (χ2n) is 5.98. The number of nitrogens with one attached hydrogen (secondary N) is 2. The Morgan fingerprint density at radius 1 is 1.21 bits per heavy atom. The van der Waals surface area contributed by atoms with Crippen LogP contribution >= 0.6 is 34.3 Å². The minimum absolute atomic E-state index is 0.192. The van der Waals surface area contributed by atoms with Crippen molar-refractivity contribution in [1.29, 1.82) is 0 Å². The van der Waals surface area contributed by atoms with Crippen LogP contribution in [0.1, 0.15) is 34.2 Å². The maximum absolute atomic E-state index is 12.5. The van der Waals surface area contributed by atoms with Gasteiger partial charge in [0.15, 0.2) is 0 Å². The van der Waals surface area contributed by atoms with Gasteiger partial charge in [0.2, 0.25) is 0 Å². The van der Waals surface area contributed by atoms with Crippen molar-refractivity contribution in [1.82, 2.24) is 10.3 Å². The third kappa shape index (κ3) is 6.11. The summed E-state index contributed by atoms with van der Waals surface area (Å²) in [6.07, 6.45) is 0.748. The van der Waals surface area contributed by atoms with Crippen LogP contribution in [-0.2, 0) is 4.74 Å². The summed E-state index contributed by atoms with van der Waals surface area (Å²) in [6, 6.07) is 10.5. The van der Waals surface area contributed by atoms with Crippen LogP contribution in [0, 0.1) is 0 Å². The molecule has 2 amide bonds. The van der Waals surface area contributed by atoms with E-state index in [2.05, 4.69) is 15.6 Å². The van der Waals surface area contributed by atoms with Crippen molar-refractivity contribution < 1.29 is 14.3 Å². The van der Waals surface area contributed by atoms with E-state index in [-0.39, 0.29) is 11.8 Å². The minimum Gasteiger partial charge on any atom is -0.382 e. The molecule has 0 aliphatic carbocycles. The fraction of sp³-hybridized carbons (Fsp3) is 0.250. The first-order valence-electron chi connectivity index (χ1n) is 9.05. The highest BCUT2D eigenvalue weighted by Gasteiger charge is 2.14. The summed E-state index contributed by atoms with van der Waals surface area (Å²) in [5, 5.41) is 8.08. The minimum atomic E-state index is -0.329. The smallest absolute Gasteiger partial charge is 0.275 e. The first-order valence-corrected chi connectivity index (χ1v) is 11.1. The SMILES string of the molecule is CCOCCCNC(=O)c1cccc(NC(=O)c2csc(-c3ccc(Cl)s3)n2)c1. The van der Waals surface area contributed by atoms with Crippen molar-refractivity contribution in [3.05, 3.63) is 57.4 Å². The second kappa shape index (κ2) is 10.5. The number of thiophene rings is 1. The molecule has 0 aliphatic rings. The number of nitrogens with zero attached hydrogens (tertiary/aromatic N) is 1. The molecule has 0 unspecified atom stereocenters. The van der Waals surface area contributed by atoms with Crippen molar-refractivity contribution in [2.45, 2.75) is 13.3 Å². The van der Waals surface area contributed by atoms with Gasteiger partial charge in [-0.15, -0.1) is 22.7 Å². The molecule has 0 saturated carbocycles. The van der Waals surface area contributed by atoms with E-state index in [0.717, 1.165) is 16.3 Å². The van der Waals surface area contributed by atoms with Gasteiger partial charge in [0, 0.05) is 36.4 Å². The van der Waals surface area contributed by atoms with Crippen molar-refractivity contribution in [2.75, 3.05) is 25.1 Å². The van der Waals surface area contributed by atoms with Crippen LogP contribution in [0.3, 0.4) is 0 Å². The van der Waals surface area contributed by atoms with Crippen molar-refractivity contribution in [2.24, 2.45) is 0 Å². The number of aromatic nitrogens is 1. The van der Waals surface area contributed by atoms with E-state index in [1.807, 2.05) is 13.0 Å². The maximum atomic E-state index is 12.5. The predicted molar refractivity (Wildman–Crippen MR) is 118 cm³/mol. The standard InChI is InChI=1S/C20H20ClN3O3S2/c1-2-27-10-4-9-22-18(25)13-5-3-6-14(11-13)23-19(26)15-12-28-20(24-15)16-7-8-17(21)29-16/h3,5-8,11-12H,2,4,9-10H2,1H3,(H,22,25)(H,23,26). The van der Waals surface area contributed by atoms with Gasteiger partial charge in [0.05, 0.1) is 9.21 Å². The van der Waals surface area contributed by atoms with Crippen LogP contribution in [0.5, 0.6) is 0 Å². The zero-order valence-electron chi connectivity index (χ0n) is 15.7. The Labute approximate surface area is 181 Å². The number of halogens is 1. The van der Waals surface area contributed by atoms with Crippen LogP contribution in [-0.4, -0.2) is 36.6 Å². The summed E-state index contributed by atoms with van der Waals surface area (Å²) in [6.45, 7) is 3.74. The maximum Gasteiger partial charge on any atom is 0.275 e. The number of ether oxygens (including phenoxy) is 1. The average molecular weight is 450 g/mol. The molecule has 2 aromatic heterocycles. The highest BCUT2D eigenvalue weighted by Crippen LogP contribution is 2.33. The molecule has 0 fully saturated rings. The van der Waals surface area contributed by atoms with Gasteiger partial charge in [-0.1, -0.05) is 17.7 Å². The molecule has 0 saturated heterocycles. The van der Waals surface area contributed by atoms with Crippen molar-refractivity contribution in [3.63, 3.8) is 0 Å². The first-order chi connectivity index (χ1) is 14.1.